The Hall–Kier alpha value is -2.73. The van der Waals surface area contributed by atoms with Gasteiger partial charge in [0, 0.05) is 29.7 Å². The zero-order chi connectivity index (χ0) is 14.0. The van der Waals surface area contributed by atoms with E-state index in [4.69, 9.17) is 11.5 Å². The first-order chi connectivity index (χ1) is 9.69. The molecule has 100 valence electrons. The number of guanidine groups is 1. The lowest BCUT2D eigenvalue weighted by atomic mass is 9.94. The molecule has 0 saturated carbocycles. The predicted molar refractivity (Wildman–Crippen MR) is 77.2 cm³/mol. The molecular formula is C14H14N6. The molecule has 6 heteroatoms. The molecule has 0 amide bonds. The Balaban J connectivity index is 2.16. The van der Waals surface area contributed by atoms with Gasteiger partial charge in [0.2, 0.25) is 0 Å². The fraction of sp³-hybridized carbons (Fsp3) is 0.0714. The summed E-state index contributed by atoms with van der Waals surface area (Å²) in [7, 11) is 0. The quantitative estimate of drug-likeness (QED) is 0.742. The third-order valence-corrected chi connectivity index (χ3v) is 3.04. The third-order valence-electron chi connectivity index (χ3n) is 3.04. The van der Waals surface area contributed by atoms with Gasteiger partial charge in [0.05, 0.1) is 0 Å². The smallest absolute Gasteiger partial charge is 0.195 e. The highest BCUT2D eigenvalue weighted by Gasteiger charge is 2.29. The van der Waals surface area contributed by atoms with Crippen LogP contribution in [0.3, 0.4) is 0 Å². The molecule has 5 N–H and O–H groups in total. The molecule has 1 atom stereocenters. The summed E-state index contributed by atoms with van der Waals surface area (Å²) in [6, 6.07) is 9.40. The van der Waals surface area contributed by atoms with E-state index in [1.165, 1.54) is 0 Å². The average Bonchev–Trinajstić information content (AvgIpc) is 2.48. The largest absolute Gasteiger partial charge is 0.370 e. The van der Waals surface area contributed by atoms with Gasteiger partial charge in [-0.2, -0.15) is 0 Å². The number of aliphatic imine (C=N–C) groups is 1. The van der Waals surface area contributed by atoms with Crippen molar-refractivity contribution in [3.8, 4) is 11.4 Å². The Morgan fingerprint density at radius 2 is 1.80 bits per heavy atom. The van der Waals surface area contributed by atoms with Crippen molar-refractivity contribution in [3.05, 3.63) is 60.6 Å². The van der Waals surface area contributed by atoms with E-state index >= 15 is 0 Å². The molecule has 0 bridgehead atoms. The normalized spacial score (nSPS) is 21.1. The highest BCUT2D eigenvalue weighted by atomic mass is 15.2. The van der Waals surface area contributed by atoms with Crippen molar-refractivity contribution in [2.24, 2.45) is 16.5 Å². The summed E-state index contributed by atoms with van der Waals surface area (Å²) in [4.78, 5) is 12.8. The molecular weight excluding hydrogens is 252 g/mol. The molecule has 0 saturated heterocycles. The highest BCUT2D eigenvalue weighted by molar-refractivity contribution is 5.81. The van der Waals surface area contributed by atoms with Crippen LogP contribution in [0.4, 0.5) is 0 Å². The van der Waals surface area contributed by atoms with Gasteiger partial charge >= 0.3 is 0 Å². The average molecular weight is 266 g/mol. The molecule has 1 unspecified atom stereocenters. The molecule has 0 aliphatic carbocycles. The van der Waals surface area contributed by atoms with Gasteiger partial charge in [0.25, 0.3) is 0 Å². The van der Waals surface area contributed by atoms with Crippen LogP contribution in [0.15, 0.2) is 60.0 Å². The predicted octanol–water partition coefficient (Wildman–Crippen LogP) is 0.687. The number of nitrogens with two attached hydrogens (primary N) is 2. The second kappa shape index (κ2) is 4.75. The van der Waals surface area contributed by atoms with Gasteiger partial charge < -0.3 is 11.1 Å². The topological polar surface area (TPSA) is 102 Å². The molecule has 0 spiro atoms. The van der Waals surface area contributed by atoms with Crippen molar-refractivity contribution in [1.82, 2.24) is 15.3 Å². The van der Waals surface area contributed by atoms with Gasteiger partial charge in [-0.3, -0.25) is 5.73 Å². The molecule has 0 radical (unpaired) electrons. The molecule has 1 aliphatic heterocycles. The lowest BCUT2D eigenvalue weighted by Crippen LogP contribution is -2.42. The summed E-state index contributed by atoms with van der Waals surface area (Å²) in [5, 5.41) is 2.80. The summed E-state index contributed by atoms with van der Waals surface area (Å²) in [6.45, 7) is 0. The van der Waals surface area contributed by atoms with Crippen LogP contribution in [0.1, 0.15) is 5.56 Å². The number of hydrogen-bond acceptors (Lipinski definition) is 6. The van der Waals surface area contributed by atoms with Crippen molar-refractivity contribution in [3.63, 3.8) is 0 Å². The summed E-state index contributed by atoms with van der Waals surface area (Å²) in [6.07, 6.45) is 6.83. The number of benzene rings is 1. The zero-order valence-corrected chi connectivity index (χ0v) is 10.7. The Morgan fingerprint density at radius 3 is 2.55 bits per heavy atom. The van der Waals surface area contributed by atoms with Crippen LogP contribution in [-0.2, 0) is 5.66 Å². The van der Waals surface area contributed by atoms with Gasteiger partial charge in [-0.15, -0.1) is 0 Å². The van der Waals surface area contributed by atoms with Gasteiger partial charge in [-0.25, -0.2) is 15.0 Å². The first-order valence-corrected chi connectivity index (χ1v) is 6.14. The molecule has 20 heavy (non-hydrogen) atoms. The zero-order valence-electron chi connectivity index (χ0n) is 10.7. The lowest BCUT2D eigenvalue weighted by molar-refractivity contribution is 0.582. The van der Waals surface area contributed by atoms with Crippen LogP contribution >= 0.6 is 0 Å². The van der Waals surface area contributed by atoms with E-state index in [0.717, 1.165) is 11.1 Å². The minimum Gasteiger partial charge on any atom is -0.370 e. The van der Waals surface area contributed by atoms with Crippen molar-refractivity contribution < 1.29 is 0 Å². The van der Waals surface area contributed by atoms with Crippen molar-refractivity contribution >= 4 is 5.96 Å². The number of nitrogens with one attached hydrogen (secondary N) is 1. The molecule has 6 nitrogen and oxygen atoms in total. The maximum atomic E-state index is 6.36. The van der Waals surface area contributed by atoms with Crippen LogP contribution < -0.4 is 16.8 Å². The highest BCUT2D eigenvalue weighted by Crippen LogP contribution is 2.31. The molecule has 2 aromatic rings. The van der Waals surface area contributed by atoms with Gasteiger partial charge in [0.15, 0.2) is 17.4 Å². The van der Waals surface area contributed by atoms with Gasteiger partial charge in [0.1, 0.15) is 0 Å². The summed E-state index contributed by atoms with van der Waals surface area (Å²) in [5.41, 5.74) is 12.7. The lowest BCUT2D eigenvalue weighted by Gasteiger charge is -2.27. The molecule has 3 rings (SSSR count). The van der Waals surface area contributed by atoms with Crippen LogP contribution in [0, 0.1) is 0 Å². The monoisotopic (exact) mass is 266 g/mol. The number of aromatic nitrogens is 2. The van der Waals surface area contributed by atoms with Gasteiger partial charge in [-0.1, -0.05) is 24.3 Å². The Bertz CT molecular complexity index is 679. The number of rotatable bonds is 2. The van der Waals surface area contributed by atoms with Crippen LogP contribution in [0.5, 0.6) is 0 Å². The Kier molecular flexibility index (Phi) is 2.92. The van der Waals surface area contributed by atoms with E-state index in [2.05, 4.69) is 20.3 Å². The Labute approximate surface area is 116 Å². The molecule has 1 aromatic carbocycles. The molecule has 1 aromatic heterocycles. The van der Waals surface area contributed by atoms with E-state index < -0.39 is 5.66 Å². The second-order valence-corrected chi connectivity index (χ2v) is 4.42. The standard InChI is InChI=1S/C14H14N6/c15-13-19-9-6-14(16,20-13)11-5-2-1-4-10(11)12-17-7-3-8-18-12/h1-9H,16H2,(H3,15,19,20). The number of hydrogen-bond donors (Lipinski definition) is 3. The minimum absolute atomic E-state index is 0.277. The first-order valence-electron chi connectivity index (χ1n) is 6.14. The maximum Gasteiger partial charge on any atom is 0.195 e. The summed E-state index contributed by atoms with van der Waals surface area (Å²) >= 11 is 0. The van der Waals surface area contributed by atoms with Crippen molar-refractivity contribution in [2.75, 3.05) is 0 Å². The van der Waals surface area contributed by atoms with E-state index in [1.54, 1.807) is 30.7 Å². The van der Waals surface area contributed by atoms with Crippen LogP contribution in [-0.4, -0.2) is 15.9 Å². The van der Waals surface area contributed by atoms with E-state index in [1.807, 2.05) is 24.3 Å². The molecule has 0 fully saturated rings. The SMILES string of the molecule is NC1=NC(N)(c2ccccc2-c2ncccn2)C=CN1. The van der Waals surface area contributed by atoms with Gasteiger partial charge in [-0.05, 0) is 12.1 Å². The molecule has 2 heterocycles. The Morgan fingerprint density at radius 1 is 1.05 bits per heavy atom. The van der Waals surface area contributed by atoms with E-state index in [-0.39, 0.29) is 5.96 Å². The fourth-order valence-corrected chi connectivity index (χ4v) is 2.14. The molecule has 1 aliphatic rings. The maximum absolute atomic E-state index is 6.36. The third kappa shape index (κ3) is 2.12. The fourth-order valence-electron chi connectivity index (χ4n) is 2.14. The summed E-state index contributed by atoms with van der Waals surface area (Å²) in [5.74, 6) is 0.882. The first kappa shape index (κ1) is 12.3. The second-order valence-electron chi connectivity index (χ2n) is 4.42. The van der Waals surface area contributed by atoms with Crippen molar-refractivity contribution in [2.45, 2.75) is 5.66 Å². The minimum atomic E-state index is -1.02. The van der Waals surface area contributed by atoms with Crippen LogP contribution in [0.2, 0.25) is 0 Å². The number of nitrogens with zero attached hydrogens (tertiary/aromatic N) is 3. The van der Waals surface area contributed by atoms with E-state index in [0.29, 0.717) is 5.82 Å². The van der Waals surface area contributed by atoms with Crippen LogP contribution in [0.25, 0.3) is 11.4 Å². The van der Waals surface area contributed by atoms with Crippen molar-refractivity contribution in [1.29, 1.82) is 0 Å². The van der Waals surface area contributed by atoms with E-state index in [9.17, 15) is 0 Å². The summed E-state index contributed by atoms with van der Waals surface area (Å²) < 4.78 is 0.